The molecule has 5 heteroatoms. The Labute approximate surface area is 105 Å². The Kier molecular flexibility index (Phi) is 5.49. The van der Waals surface area contributed by atoms with Gasteiger partial charge in [0.2, 0.25) is 0 Å². The molecule has 0 radical (unpaired) electrons. The van der Waals surface area contributed by atoms with E-state index in [9.17, 15) is 4.79 Å². The molecule has 1 amide bonds. The van der Waals surface area contributed by atoms with Gasteiger partial charge >= 0.3 is 6.09 Å². The Hall–Kier alpha value is -0.870. The van der Waals surface area contributed by atoms with E-state index in [4.69, 9.17) is 16.3 Å². The fraction of sp³-hybridized carbons (Fsp3) is 0.364. The normalized spacial score (nSPS) is 9.94. The van der Waals surface area contributed by atoms with E-state index >= 15 is 0 Å². The second-order valence-corrected chi connectivity index (χ2v) is 4.38. The van der Waals surface area contributed by atoms with Crippen LogP contribution in [0.5, 0.6) is 0 Å². The minimum absolute atomic E-state index is 0.358. The average Bonchev–Trinajstić information content (AvgIpc) is 2.23. The maximum absolute atomic E-state index is 11.3. The van der Waals surface area contributed by atoms with Gasteiger partial charge in [0.25, 0.3) is 0 Å². The highest BCUT2D eigenvalue weighted by Crippen LogP contribution is 2.24. The van der Waals surface area contributed by atoms with Crippen LogP contribution < -0.4 is 5.32 Å². The largest absolute Gasteiger partial charge is 0.450 e. The standard InChI is InChI=1S/C11H14ClNO2S/c1-3-15-11(14)13-10-5-4-9(12)6-8(10)7-16-2/h4-6H,3,7H2,1-2H3,(H,13,14). The van der Waals surface area contributed by atoms with Gasteiger partial charge in [-0.1, -0.05) is 11.6 Å². The fourth-order valence-electron chi connectivity index (χ4n) is 1.24. The number of hydrogen-bond acceptors (Lipinski definition) is 3. The Morgan fingerprint density at radius 2 is 2.31 bits per heavy atom. The van der Waals surface area contributed by atoms with Crippen LogP contribution in [0.4, 0.5) is 10.5 Å². The van der Waals surface area contributed by atoms with Crippen molar-refractivity contribution in [1.29, 1.82) is 0 Å². The van der Waals surface area contributed by atoms with Crippen molar-refractivity contribution in [1.82, 2.24) is 0 Å². The number of rotatable bonds is 4. The van der Waals surface area contributed by atoms with Crippen LogP contribution in [0.1, 0.15) is 12.5 Å². The lowest BCUT2D eigenvalue weighted by molar-refractivity contribution is 0.168. The van der Waals surface area contributed by atoms with Crippen molar-refractivity contribution in [3.05, 3.63) is 28.8 Å². The van der Waals surface area contributed by atoms with Gasteiger partial charge in [-0.3, -0.25) is 5.32 Å². The highest BCUT2D eigenvalue weighted by molar-refractivity contribution is 7.97. The number of amides is 1. The first-order chi connectivity index (χ1) is 7.67. The van der Waals surface area contributed by atoms with Crippen LogP contribution in [0, 0.1) is 0 Å². The summed E-state index contributed by atoms with van der Waals surface area (Å²) in [6.07, 6.45) is 1.56. The summed E-state index contributed by atoms with van der Waals surface area (Å²) >= 11 is 7.56. The summed E-state index contributed by atoms with van der Waals surface area (Å²) in [5.74, 6) is 0.794. The van der Waals surface area contributed by atoms with E-state index in [1.54, 1.807) is 30.8 Å². The second kappa shape index (κ2) is 6.66. The van der Waals surface area contributed by atoms with Crippen LogP contribution in [0.25, 0.3) is 0 Å². The van der Waals surface area contributed by atoms with Crippen LogP contribution in [0.15, 0.2) is 18.2 Å². The molecule has 1 N–H and O–H groups in total. The summed E-state index contributed by atoms with van der Waals surface area (Å²) in [7, 11) is 0. The highest BCUT2D eigenvalue weighted by atomic mass is 35.5. The lowest BCUT2D eigenvalue weighted by atomic mass is 10.2. The zero-order valence-electron chi connectivity index (χ0n) is 9.25. The molecule has 0 aliphatic rings. The number of thioether (sulfide) groups is 1. The number of carbonyl (C=O) groups excluding carboxylic acids is 1. The molecule has 0 aliphatic heterocycles. The van der Waals surface area contributed by atoms with Gasteiger partial charge in [0.1, 0.15) is 0 Å². The number of carbonyl (C=O) groups is 1. The molecule has 0 aromatic heterocycles. The van der Waals surface area contributed by atoms with Gasteiger partial charge < -0.3 is 4.74 Å². The molecule has 1 rings (SSSR count). The summed E-state index contributed by atoms with van der Waals surface area (Å²) in [6.45, 7) is 2.13. The minimum atomic E-state index is -0.438. The number of halogens is 1. The van der Waals surface area contributed by atoms with E-state index in [0.29, 0.717) is 11.6 Å². The number of nitrogens with one attached hydrogen (secondary N) is 1. The van der Waals surface area contributed by atoms with E-state index in [2.05, 4.69) is 5.32 Å². The Morgan fingerprint density at radius 3 is 2.94 bits per heavy atom. The van der Waals surface area contributed by atoms with Gasteiger partial charge in [-0.2, -0.15) is 11.8 Å². The summed E-state index contributed by atoms with van der Waals surface area (Å²) in [5.41, 5.74) is 1.74. The van der Waals surface area contributed by atoms with Crippen LogP contribution >= 0.6 is 23.4 Å². The molecule has 16 heavy (non-hydrogen) atoms. The maximum Gasteiger partial charge on any atom is 0.411 e. The molecule has 0 aliphatic carbocycles. The van der Waals surface area contributed by atoms with Gasteiger partial charge in [0, 0.05) is 16.5 Å². The lowest BCUT2D eigenvalue weighted by Crippen LogP contribution is -2.14. The summed E-state index contributed by atoms with van der Waals surface area (Å²) in [6, 6.07) is 5.37. The molecule has 1 aromatic rings. The molecule has 0 bridgehead atoms. The molecular formula is C11H14ClNO2S. The first kappa shape index (κ1) is 13.2. The van der Waals surface area contributed by atoms with E-state index in [1.807, 2.05) is 12.3 Å². The zero-order valence-corrected chi connectivity index (χ0v) is 10.8. The number of ether oxygens (including phenoxy) is 1. The fourth-order valence-corrected chi connectivity index (χ4v) is 1.98. The van der Waals surface area contributed by atoms with Crippen molar-refractivity contribution in [3.63, 3.8) is 0 Å². The second-order valence-electron chi connectivity index (χ2n) is 3.08. The molecule has 88 valence electrons. The third kappa shape index (κ3) is 3.94. The van der Waals surface area contributed by atoms with Crippen molar-refractivity contribution in [2.75, 3.05) is 18.2 Å². The first-order valence-electron chi connectivity index (χ1n) is 4.88. The monoisotopic (exact) mass is 259 g/mol. The third-order valence-electron chi connectivity index (χ3n) is 1.88. The average molecular weight is 260 g/mol. The first-order valence-corrected chi connectivity index (χ1v) is 6.65. The minimum Gasteiger partial charge on any atom is -0.450 e. The third-order valence-corrected chi connectivity index (χ3v) is 2.71. The molecule has 0 saturated heterocycles. The predicted molar refractivity (Wildman–Crippen MR) is 69.3 cm³/mol. The van der Waals surface area contributed by atoms with Crippen molar-refractivity contribution < 1.29 is 9.53 Å². The van der Waals surface area contributed by atoms with Crippen LogP contribution in [0.2, 0.25) is 5.02 Å². The van der Waals surface area contributed by atoms with Crippen molar-refractivity contribution in [2.24, 2.45) is 0 Å². The van der Waals surface area contributed by atoms with Gasteiger partial charge in [-0.15, -0.1) is 0 Å². The van der Waals surface area contributed by atoms with E-state index in [0.717, 1.165) is 17.0 Å². The maximum atomic E-state index is 11.3. The quantitative estimate of drug-likeness (QED) is 0.895. The van der Waals surface area contributed by atoms with Crippen molar-refractivity contribution >= 4 is 35.1 Å². The molecule has 0 atom stereocenters. The van der Waals surface area contributed by atoms with Crippen LogP contribution in [0.3, 0.4) is 0 Å². The molecule has 3 nitrogen and oxygen atoms in total. The number of hydrogen-bond donors (Lipinski definition) is 1. The molecular weight excluding hydrogens is 246 g/mol. The number of anilines is 1. The summed E-state index contributed by atoms with van der Waals surface area (Å²) < 4.78 is 4.82. The Morgan fingerprint density at radius 1 is 1.56 bits per heavy atom. The topological polar surface area (TPSA) is 38.3 Å². The molecule has 0 saturated carbocycles. The molecule has 0 heterocycles. The molecule has 0 fully saturated rings. The van der Waals surface area contributed by atoms with Gasteiger partial charge in [0.05, 0.1) is 6.61 Å². The van der Waals surface area contributed by atoms with Crippen LogP contribution in [-0.2, 0) is 10.5 Å². The van der Waals surface area contributed by atoms with Crippen LogP contribution in [-0.4, -0.2) is 19.0 Å². The Bertz CT molecular complexity index is 371. The smallest absolute Gasteiger partial charge is 0.411 e. The van der Waals surface area contributed by atoms with Gasteiger partial charge in [-0.05, 0) is 36.9 Å². The predicted octanol–water partition coefficient (Wildman–Crippen LogP) is 3.77. The molecule has 0 unspecified atom stereocenters. The Balaban J connectivity index is 2.81. The molecule has 1 aromatic carbocycles. The zero-order chi connectivity index (χ0) is 12.0. The van der Waals surface area contributed by atoms with E-state index < -0.39 is 6.09 Å². The SMILES string of the molecule is CCOC(=O)Nc1ccc(Cl)cc1CSC. The highest BCUT2D eigenvalue weighted by Gasteiger charge is 2.07. The van der Waals surface area contributed by atoms with E-state index in [-0.39, 0.29) is 0 Å². The van der Waals surface area contributed by atoms with Crippen molar-refractivity contribution in [3.8, 4) is 0 Å². The summed E-state index contributed by atoms with van der Waals surface area (Å²) in [4.78, 5) is 11.3. The lowest BCUT2D eigenvalue weighted by Gasteiger charge is -2.10. The van der Waals surface area contributed by atoms with Crippen molar-refractivity contribution in [2.45, 2.75) is 12.7 Å². The van der Waals surface area contributed by atoms with E-state index in [1.165, 1.54) is 0 Å². The van der Waals surface area contributed by atoms with Gasteiger partial charge in [-0.25, -0.2) is 4.79 Å². The van der Waals surface area contributed by atoms with Gasteiger partial charge in [0.15, 0.2) is 0 Å². The number of benzene rings is 1. The molecule has 0 spiro atoms. The summed E-state index contributed by atoms with van der Waals surface area (Å²) in [5, 5.41) is 3.36.